The summed E-state index contributed by atoms with van der Waals surface area (Å²) in [6, 6.07) is 0.159. The number of hydrogen-bond donors (Lipinski definition) is 1. The van der Waals surface area contributed by atoms with Crippen LogP contribution in [0.15, 0.2) is 12.4 Å². The van der Waals surface area contributed by atoms with Crippen LogP contribution in [0.1, 0.15) is 24.7 Å². The lowest BCUT2D eigenvalue weighted by Gasteiger charge is -2.40. The highest BCUT2D eigenvalue weighted by Crippen LogP contribution is 2.24. The number of H-pyrrole nitrogens is 1. The van der Waals surface area contributed by atoms with Crippen molar-refractivity contribution in [3.63, 3.8) is 0 Å². The van der Waals surface area contributed by atoms with Crippen LogP contribution >= 0.6 is 0 Å². The fourth-order valence-corrected chi connectivity index (χ4v) is 3.02. The average molecular weight is 278 g/mol. The van der Waals surface area contributed by atoms with E-state index in [0.717, 1.165) is 38.4 Å². The van der Waals surface area contributed by atoms with Gasteiger partial charge in [0.1, 0.15) is 5.82 Å². The van der Waals surface area contributed by atoms with E-state index >= 15 is 0 Å². The molecule has 20 heavy (non-hydrogen) atoms. The van der Waals surface area contributed by atoms with Crippen molar-refractivity contribution in [1.82, 2.24) is 19.8 Å². The first-order valence-corrected chi connectivity index (χ1v) is 7.32. The molecule has 110 valence electrons. The van der Waals surface area contributed by atoms with Crippen molar-refractivity contribution in [2.45, 2.75) is 18.9 Å². The van der Waals surface area contributed by atoms with Crippen LogP contribution in [0.4, 0.5) is 0 Å². The number of imidazole rings is 1. The van der Waals surface area contributed by atoms with Gasteiger partial charge in [-0.1, -0.05) is 0 Å². The van der Waals surface area contributed by atoms with Crippen LogP contribution in [0.2, 0.25) is 0 Å². The number of hydrogen-bond acceptors (Lipinski definition) is 4. The molecule has 3 heterocycles. The molecule has 0 aromatic carbocycles. The number of nitrogens with zero attached hydrogens (tertiary/aromatic N) is 3. The number of likely N-dealkylation sites (N-methyl/N-ethyl adjacent to an activating group) is 1. The molecule has 2 aliphatic rings. The van der Waals surface area contributed by atoms with Gasteiger partial charge in [0.2, 0.25) is 5.91 Å². The van der Waals surface area contributed by atoms with Crippen LogP contribution in [0, 0.1) is 5.92 Å². The van der Waals surface area contributed by atoms with Crippen LogP contribution < -0.4 is 0 Å². The topological polar surface area (TPSA) is 61.5 Å². The average Bonchev–Trinajstić information content (AvgIpc) is 3.02. The highest BCUT2D eigenvalue weighted by atomic mass is 16.5. The van der Waals surface area contributed by atoms with E-state index in [2.05, 4.69) is 21.9 Å². The number of nitrogens with one attached hydrogen (secondary N) is 1. The van der Waals surface area contributed by atoms with Gasteiger partial charge in [0.15, 0.2) is 0 Å². The molecule has 1 amide bonds. The van der Waals surface area contributed by atoms with E-state index in [0.29, 0.717) is 13.2 Å². The summed E-state index contributed by atoms with van der Waals surface area (Å²) in [7, 11) is 2.08. The van der Waals surface area contributed by atoms with E-state index in [-0.39, 0.29) is 17.9 Å². The molecule has 0 radical (unpaired) electrons. The normalized spacial score (nSPS) is 28.6. The van der Waals surface area contributed by atoms with Gasteiger partial charge in [0.25, 0.3) is 0 Å². The number of amides is 1. The lowest BCUT2D eigenvalue weighted by atomic mass is 9.99. The van der Waals surface area contributed by atoms with Crippen molar-refractivity contribution in [3.8, 4) is 0 Å². The number of rotatable bonds is 2. The zero-order valence-corrected chi connectivity index (χ0v) is 11.9. The van der Waals surface area contributed by atoms with Crippen molar-refractivity contribution in [2.75, 3.05) is 39.9 Å². The van der Waals surface area contributed by atoms with Gasteiger partial charge in [-0.25, -0.2) is 4.98 Å². The van der Waals surface area contributed by atoms with Crippen molar-refractivity contribution in [2.24, 2.45) is 5.92 Å². The van der Waals surface area contributed by atoms with E-state index < -0.39 is 0 Å². The maximum absolute atomic E-state index is 12.6. The molecule has 2 aliphatic heterocycles. The zero-order chi connectivity index (χ0) is 13.9. The first-order valence-electron chi connectivity index (χ1n) is 7.32. The zero-order valence-electron chi connectivity index (χ0n) is 11.9. The highest BCUT2D eigenvalue weighted by Gasteiger charge is 2.33. The molecule has 3 rings (SSSR count). The smallest absolute Gasteiger partial charge is 0.228 e. The molecule has 6 heteroatoms. The van der Waals surface area contributed by atoms with Gasteiger partial charge in [-0.15, -0.1) is 0 Å². The second kappa shape index (κ2) is 5.93. The summed E-state index contributed by atoms with van der Waals surface area (Å²) in [6.45, 7) is 3.76. The molecule has 1 N–H and O–H groups in total. The van der Waals surface area contributed by atoms with Gasteiger partial charge in [0, 0.05) is 38.6 Å². The van der Waals surface area contributed by atoms with E-state index in [9.17, 15) is 4.79 Å². The summed E-state index contributed by atoms with van der Waals surface area (Å²) >= 11 is 0. The summed E-state index contributed by atoms with van der Waals surface area (Å²) in [5, 5.41) is 0. The van der Waals surface area contributed by atoms with Crippen molar-refractivity contribution in [3.05, 3.63) is 18.2 Å². The standard InChI is InChI=1S/C14H22N4O2/c1-17-6-7-18(9-12(17)13-15-4-5-16-13)14(19)11-3-2-8-20-10-11/h4-5,11-12H,2-3,6-10H2,1H3,(H,15,16)/t11-,12+/m1/s1. The Balaban J connectivity index is 1.67. The van der Waals surface area contributed by atoms with Gasteiger partial charge in [-0.3, -0.25) is 9.69 Å². The van der Waals surface area contributed by atoms with E-state index in [1.807, 2.05) is 11.1 Å². The monoisotopic (exact) mass is 278 g/mol. The fraction of sp³-hybridized carbons (Fsp3) is 0.714. The third kappa shape index (κ3) is 2.71. The number of aromatic nitrogens is 2. The molecule has 2 atom stereocenters. The Labute approximate surface area is 119 Å². The Kier molecular flexibility index (Phi) is 4.03. The van der Waals surface area contributed by atoms with E-state index in [1.54, 1.807) is 6.20 Å². The molecule has 2 fully saturated rings. The van der Waals surface area contributed by atoms with Gasteiger partial charge in [0.05, 0.1) is 18.6 Å². The van der Waals surface area contributed by atoms with Gasteiger partial charge in [-0.05, 0) is 19.9 Å². The molecular formula is C14H22N4O2. The first kappa shape index (κ1) is 13.6. The second-order valence-electron chi connectivity index (χ2n) is 5.67. The number of ether oxygens (including phenoxy) is 1. The SMILES string of the molecule is CN1CCN(C(=O)[C@@H]2CCCOC2)C[C@H]1c1ncc[nH]1. The molecule has 1 aromatic rings. The van der Waals surface area contributed by atoms with Crippen LogP contribution in [-0.2, 0) is 9.53 Å². The predicted octanol–water partition coefficient (Wildman–Crippen LogP) is 0.651. The Morgan fingerprint density at radius 1 is 1.50 bits per heavy atom. The second-order valence-corrected chi connectivity index (χ2v) is 5.67. The van der Waals surface area contributed by atoms with E-state index in [4.69, 9.17) is 4.74 Å². The van der Waals surface area contributed by atoms with Crippen LogP contribution in [0.25, 0.3) is 0 Å². The van der Waals surface area contributed by atoms with Crippen molar-refractivity contribution >= 4 is 5.91 Å². The number of carbonyl (C=O) groups is 1. The van der Waals surface area contributed by atoms with Crippen molar-refractivity contribution < 1.29 is 9.53 Å². The Hall–Kier alpha value is -1.40. The summed E-state index contributed by atoms with van der Waals surface area (Å²) in [4.78, 5) is 24.3. The fourth-order valence-electron chi connectivity index (χ4n) is 3.02. The predicted molar refractivity (Wildman–Crippen MR) is 74.1 cm³/mol. The Bertz CT molecular complexity index is 442. The Morgan fingerprint density at radius 3 is 3.10 bits per heavy atom. The third-order valence-electron chi connectivity index (χ3n) is 4.30. The molecule has 0 unspecified atom stereocenters. The Morgan fingerprint density at radius 2 is 2.40 bits per heavy atom. The highest BCUT2D eigenvalue weighted by molar-refractivity contribution is 5.79. The van der Waals surface area contributed by atoms with Gasteiger partial charge < -0.3 is 14.6 Å². The van der Waals surface area contributed by atoms with Crippen molar-refractivity contribution in [1.29, 1.82) is 0 Å². The molecule has 0 saturated carbocycles. The van der Waals surface area contributed by atoms with Crippen LogP contribution in [0.5, 0.6) is 0 Å². The van der Waals surface area contributed by atoms with E-state index in [1.165, 1.54) is 0 Å². The minimum Gasteiger partial charge on any atom is -0.381 e. The summed E-state index contributed by atoms with van der Waals surface area (Å²) < 4.78 is 5.44. The van der Waals surface area contributed by atoms with Crippen LogP contribution in [-0.4, -0.2) is 65.6 Å². The number of piperazine rings is 1. The lowest BCUT2D eigenvalue weighted by Crippen LogP contribution is -2.51. The van der Waals surface area contributed by atoms with Gasteiger partial charge in [-0.2, -0.15) is 0 Å². The number of carbonyl (C=O) groups excluding carboxylic acids is 1. The molecule has 0 spiro atoms. The minimum atomic E-state index is 0.0457. The molecule has 1 aromatic heterocycles. The minimum absolute atomic E-state index is 0.0457. The third-order valence-corrected chi connectivity index (χ3v) is 4.30. The first-order chi connectivity index (χ1) is 9.75. The molecule has 6 nitrogen and oxygen atoms in total. The molecule has 2 saturated heterocycles. The number of aromatic amines is 1. The largest absolute Gasteiger partial charge is 0.381 e. The van der Waals surface area contributed by atoms with Gasteiger partial charge >= 0.3 is 0 Å². The maximum Gasteiger partial charge on any atom is 0.228 e. The summed E-state index contributed by atoms with van der Waals surface area (Å²) in [5.41, 5.74) is 0. The molecule has 0 aliphatic carbocycles. The molecule has 0 bridgehead atoms. The van der Waals surface area contributed by atoms with Crippen LogP contribution in [0.3, 0.4) is 0 Å². The quantitative estimate of drug-likeness (QED) is 0.863. The molecular weight excluding hydrogens is 256 g/mol. The summed E-state index contributed by atoms with van der Waals surface area (Å²) in [5.74, 6) is 1.23. The maximum atomic E-state index is 12.6. The lowest BCUT2D eigenvalue weighted by molar-refractivity contribution is -0.142. The summed E-state index contributed by atoms with van der Waals surface area (Å²) in [6.07, 6.45) is 5.54.